The summed E-state index contributed by atoms with van der Waals surface area (Å²) in [5, 5.41) is 3.59. The molecule has 5 heteroatoms. The average Bonchev–Trinajstić information content (AvgIpc) is 3.11. The Morgan fingerprint density at radius 2 is 2.27 bits per heavy atom. The van der Waals surface area contributed by atoms with Gasteiger partial charge in [0.05, 0.1) is 0 Å². The molecule has 3 aromatic heterocycles. The molecule has 4 rings (SSSR count). The van der Waals surface area contributed by atoms with E-state index in [0.29, 0.717) is 6.04 Å². The summed E-state index contributed by atoms with van der Waals surface area (Å²) in [6.07, 6.45) is 6.46. The summed E-state index contributed by atoms with van der Waals surface area (Å²) in [7, 11) is 0. The van der Waals surface area contributed by atoms with Crippen LogP contribution in [0.15, 0.2) is 34.9 Å². The second-order valence-electron chi connectivity index (χ2n) is 5.94. The van der Waals surface area contributed by atoms with Crippen molar-refractivity contribution in [1.82, 2.24) is 19.9 Å². The van der Waals surface area contributed by atoms with Gasteiger partial charge in [0.15, 0.2) is 5.65 Å². The molecule has 4 heterocycles. The molecule has 1 N–H and O–H groups in total. The summed E-state index contributed by atoms with van der Waals surface area (Å²) >= 11 is 0. The van der Waals surface area contributed by atoms with Crippen molar-refractivity contribution in [1.29, 1.82) is 0 Å². The fraction of sp³-hybridized carbons (Fsp3) is 0.412. The molecule has 3 aromatic rings. The minimum absolute atomic E-state index is 0.486. The number of nitrogens with one attached hydrogen (secondary N) is 1. The maximum atomic E-state index is 5.83. The molecule has 0 bridgehead atoms. The fourth-order valence-electron chi connectivity index (χ4n) is 3.19. The lowest BCUT2D eigenvalue weighted by Gasteiger charge is -2.23. The highest BCUT2D eigenvalue weighted by Crippen LogP contribution is 2.23. The van der Waals surface area contributed by atoms with Crippen molar-refractivity contribution in [2.45, 2.75) is 38.6 Å². The average molecular weight is 296 g/mol. The number of hydrogen-bond acceptors (Lipinski definition) is 4. The summed E-state index contributed by atoms with van der Waals surface area (Å²) in [6, 6.07) is 8.39. The standard InChI is InChI=1S/C17H20N4O/c1-12-7-8-16(22-12)21-15(11-13-5-2-3-9-18-13)20-14-6-4-10-19-17(14)21/h4,6-8,10,13,18H,2-3,5,9,11H2,1H3. The Morgan fingerprint density at radius 3 is 3.05 bits per heavy atom. The molecule has 1 saturated heterocycles. The van der Waals surface area contributed by atoms with Crippen LogP contribution in [0.25, 0.3) is 17.0 Å². The summed E-state index contributed by atoms with van der Waals surface area (Å²) in [5.74, 6) is 2.71. The highest BCUT2D eigenvalue weighted by molar-refractivity contribution is 5.73. The lowest BCUT2D eigenvalue weighted by atomic mass is 10.0. The molecule has 5 nitrogen and oxygen atoms in total. The molecule has 114 valence electrons. The van der Waals surface area contributed by atoms with E-state index in [4.69, 9.17) is 9.40 Å². The smallest absolute Gasteiger partial charge is 0.206 e. The van der Waals surface area contributed by atoms with Crippen LogP contribution in [0, 0.1) is 6.92 Å². The zero-order chi connectivity index (χ0) is 14.9. The van der Waals surface area contributed by atoms with Gasteiger partial charge in [-0.3, -0.25) is 0 Å². The van der Waals surface area contributed by atoms with Crippen LogP contribution in [0.4, 0.5) is 0 Å². The molecule has 0 spiro atoms. The molecule has 0 aliphatic carbocycles. The van der Waals surface area contributed by atoms with Crippen molar-refractivity contribution in [2.24, 2.45) is 0 Å². The normalized spacial score (nSPS) is 18.9. The monoisotopic (exact) mass is 296 g/mol. The zero-order valence-electron chi connectivity index (χ0n) is 12.7. The first-order chi connectivity index (χ1) is 10.8. The molecule has 1 aliphatic rings. The maximum Gasteiger partial charge on any atom is 0.206 e. The molecule has 1 fully saturated rings. The molecular weight excluding hydrogens is 276 g/mol. The summed E-state index contributed by atoms with van der Waals surface area (Å²) in [4.78, 5) is 9.29. The van der Waals surface area contributed by atoms with E-state index in [1.165, 1.54) is 19.3 Å². The Bertz CT molecular complexity index is 783. The van der Waals surface area contributed by atoms with Gasteiger partial charge in [0, 0.05) is 24.7 Å². The Kier molecular flexibility index (Phi) is 3.42. The van der Waals surface area contributed by atoms with Crippen molar-refractivity contribution in [3.63, 3.8) is 0 Å². The quantitative estimate of drug-likeness (QED) is 0.807. The van der Waals surface area contributed by atoms with Crippen LogP contribution >= 0.6 is 0 Å². The van der Waals surface area contributed by atoms with E-state index < -0.39 is 0 Å². The van der Waals surface area contributed by atoms with Crippen molar-refractivity contribution >= 4 is 11.2 Å². The van der Waals surface area contributed by atoms with Crippen molar-refractivity contribution in [3.8, 4) is 5.88 Å². The topological polar surface area (TPSA) is 55.9 Å². The maximum absolute atomic E-state index is 5.83. The third-order valence-corrected chi connectivity index (χ3v) is 4.27. The largest absolute Gasteiger partial charge is 0.445 e. The van der Waals surface area contributed by atoms with Gasteiger partial charge in [-0.1, -0.05) is 6.42 Å². The fourth-order valence-corrected chi connectivity index (χ4v) is 3.19. The van der Waals surface area contributed by atoms with E-state index in [9.17, 15) is 0 Å². The Morgan fingerprint density at radius 1 is 1.32 bits per heavy atom. The van der Waals surface area contributed by atoms with Gasteiger partial charge in [-0.25, -0.2) is 14.5 Å². The number of fused-ring (bicyclic) bond motifs is 1. The molecule has 1 aliphatic heterocycles. The first-order valence-corrected chi connectivity index (χ1v) is 7.94. The summed E-state index contributed by atoms with van der Waals surface area (Å²) in [6.45, 7) is 3.06. The van der Waals surface area contributed by atoms with Crippen molar-refractivity contribution < 1.29 is 4.42 Å². The van der Waals surface area contributed by atoms with Gasteiger partial charge in [0.1, 0.15) is 17.1 Å². The number of rotatable bonds is 3. The Labute approximate surface area is 129 Å². The number of nitrogens with zero attached hydrogens (tertiary/aromatic N) is 3. The highest BCUT2D eigenvalue weighted by Gasteiger charge is 2.20. The van der Waals surface area contributed by atoms with E-state index in [0.717, 1.165) is 41.6 Å². The van der Waals surface area contributed by atoms with Crippen molar-refractivity contribution in [3.05, 3.63) is 42.0 Å². The van der Waals surface area contributed by atoms with Gasteiger partial charge >= 0.3 is 0 Å². The predicted molar refractivity (Wildman–Crippen MR) is 85.2 cm³/mol. The van der Waals surface area contributed by atoms with Crippen LogP contribution in [0.1, 0.15) is 30.8 Å². The molecule has 1 unspecified atom stereocenters. The van der Waals surface area contributed by atoms with E-state index >= 15 is 0 Å². The van der Waals surface area contributed by atoms with Gasteiger partial charge in [0.2, 0.25) is 5.88 Å². The highest BCUT2D eigenvalue weighted by atomic mass is 16.4. The van der Waals surface area contributed by atoms with Crippen molar-refractivity contribution in [2.75, 3.05) is 6.54 Å². The van der Waals surface area contributed by atoms with Crippen LogP contribution in [-0.2, 0) is 6.42 Å². The molecule has 1 atom stereocenters. The van der Waals surface area contributed by atoms with E-state index in [1.54, 1.807) is 6.20 Å². The van der Waals surface area contributed by atoms with Gasteiger partial charge in [-0.05, 0) is 44.5 Å². The molecular formula is C17H20N4O. The second-order valence-corrected chi connectivity index (χ2v) is 5.94. The Balaban J connectivity index is 1.79. The third kappa shape index (κ3) is 2.41. The number of aromatic nitrogens is 3. The van der Waals surface area contributed by atoms with Crippen LogP contribution in [0.3, 0.4) is 0 Å². The number of hydrogen-bond donors (Lipinski definition) is 1. The third-order valence-electron chi connectivity index (χ3n) is 4.27. The van der Waals surface area contributed by atoms with E-state index in [2.05, 4.69) is 14.9 Å². The molecule has 0 aromatic carbocycles. The number of piperidine rings is 1. The summed E-state index contributed by atoms with van der Waals surface area (Å²) in [5.41, 5.74) is 1.78. The molecule has 0 saturated carbocycles. The van der Waals surface area contributed by atoms with Crippen LogP contribution < -0.4 is 5.32 Å². The van der Waals surface area contributed by atoms with Crippen LogP contribution in [0.2, 0.25) is 0 Å². The molecule has 22 heavy (non-hydrogen) atoms. The first-order valence-electron chi connectivity index (χ1n) is 7.94. The lowest BCUT2D eigenvalue weighted by molar-refractivity contribution is 0.391. The van der Waals surface area contributed by atoms with Gasteiger partial charge in [-0.15, -0.1) is 0 Å². The number of furan rings is 1. The minimum Gasteiger partial charge on any atom is -0.445 e. The Hall–Kier alpha value is -2.14. The SMILES string of the molecule is Cc1ccc(-n2c(CC3CCCCN3)nc3cccnc32)o1. The van der Waals surface area contributed by atoms with Gasteiger partial charge in [0.25, 0.3) is 0 Å². The zero-order valence-corrected chi connectivity index (χ0v) is 12.7. The van der Waals surface area contributed by atoms with E-state index in [-0.39, 0.29) is 0 Å². The first kappa shape index (κ1) is 13.5. The van der Waals surface area contributed by atoms with Crippen LogP contribution in [0.5, 0.6) is 0 Å². The van der Waals surface area contributed by atoms with Gasteiger partial charge in [-0.2, -0.15) is 0 Å². The summed E-state index contributed by atoms with van der Waals surface area (Å²) < 4.78 is 7.88. The van der Waals surface area contributed by atoms with Crippen LogP contribution in [-0.4, -0.2) is 27.1 Å². The predicted octanol–water partition coefficient (Wildman–Crippen LogP) is 3.01. The molecule has 0 amide bonds. The molecule has 0 radical (unpaired) electrons. The lowest BCUT2D eigenvalue weighted by Crippen LogP contribution is -2.36. The minimum atomic E-state index is 0.486. The number of pyridine rings is 1. The van der Waals surface area contributed by atoms with E-state index in [1.807, 2.05) is 31.2 Å². The van der Waals surface area contributed by atoms with Gasteiger partial charge < -0.3 is 9.73 Å². The number of imidazole rings is 1. The number of aryl methyl sites for hydroxylation is 1. The second kappa shape index (κ2) is 5.57.